The number of aliphatic hydroxyl groups excluding tert-OH is 26. The van der Waals surface area contributed by atoms with Gasteiger partial charge in [-0.05, 0) is 6.92 Å². The summed E-state index contributed by atoms with van der Waals surface area (Å²) < 4.78 is 82.6. The largest absolute Gasteiger partial charge is 0.477 e. The summed E-state index contributed by atoms with van der Waals surface area (Å²) in [4.78, 5) is 77.9. The fourth-order valence-electron chi connectivity index (χ4n) is 13.9. The molecule has 7 aliphatic rings. The van der Waals surface area contributed by atoms with E-state index in [1.807, 2.05) is 10.6 Å². The first-order valence-corrected chi connectivity index (χ1v) is 35.5. The van der Waals surface area contributed by atoms with Crippen molar-refractivity contribution in [2.75, 3.05) is 66.1 Å². The standard InChI is InChI=1S/C62H104N4O48/c1-16-34(85)40(91)42(93)55(102-16)110-51-33(64-18(3)77)54(111-52-39(90)26(10-71)104-57(44(52)95)107-46(19(6-67)63-17(2)76)37(88)24(82)15-101-61(59(97)98)4-20(78)31(65-29(83)13-74)49(112-61)35(86)22(80)7-68)105-27(11-72)47(51)108-58-45(96)53(48(28(12-73)106-58)109-56-43(94)41(92)38(89)25(9-70)103-56)114-62(60(99)100)5-21(79)32(66-30(84)14-75)50(113-62)36(87)23(81)8-69/h16,19-28,31-58,67-75,78-82,85-96H,4-15H2,1-3H3,(H,63,76)(H,64,77)(H,65,83)(H,66,84)(H,97,98)(H,99,100)/t16-,19-,20-,21-,22+,23+,24+,25+,26+,27+,28+,31+,32+,33+,34+,35+,36+,37-,38-,39-,40+,41-,42-,43+,44+,45+,46+,47+,48-,49+,50+,51+,52-,53+,54-,55-,56-,57-,58-,61+,62-/m0/s1. The average molecular weight is 1670 g/mol. The molecule has 7 heterocycles. The number of rotatable bonds is 37. The minimum Gasteiger partial charge on any atom is -0.477 e. The van der Waals surface area contributed by atoms with Crippen molar-refractivity contribution in [2.45, 2.75) is 284 Å². The van der Waals surface area contributed by atoms with Gasteiger partial charge in [-0.15, -0.1) is 0 Å². The van der Waals surface area contributed by atoms with Crippen molar-refractivity contribution >= 4 is 35.6 Å². The fourth-order valence-corrected chi connectivity index (χ4v) is 13.9. The third-order valence-electron chi connectivity index (χ3n) is 20.0. The Morgan fingerprint density at radius 2 is 0.851 bits per heavy atom. The van der Waals surface area contributed by atoms with Crippen molar-refractivity contribution in [1.29, 1.82) is 0 Å². The molecule has 7 saturated heterocycles. The Morgan fingerprint density at radius 1 is 0.430 bits per heavy atom. The van der Waals surface area contributed by atoms with Crippen LogP contribution in [0.25, 0.3) is 0 Å². The Morgan fingerprint density at radius 3 is 1.32 bits per heavy atom. The zero-order chi connectivity index (χ0) is 85.2. The molecule has 7 fully saturated rings. The van der Waals surface area contributed by atoms with Crippen LogP contribution >= 0.6 is 0 Å². The summed E-state index contributed by atoms with van der Waals surface area (Å²) in [5, 5.41) is 315. The van der Waals surface area contributed by atoms with Gasteiger partial charge in [-0.1, -0.05) is 0 Å². The van der Waals surface area contributed by atoms with E-state index in [0.29, 0.717) is 0 Å². The van der Waals surface area contributed by atoms with Crippen molar-refractivity contribution in [3.8, 4) is 0 Å². The molecule has 0 aromatic carbocycles. The Kier molecular flexibility index (Phi) is 35.5. The molecule has 0 aromatic heterocycles. The van der Waals surface area contributed by atoms with Crippen LogP contribution in [0.1, 0.15) is 33.6 Å². The van der Waals surface area contributed by atoms with Crippen LogP contribution < -0.4 is 21.3 Å². The van der Waals surface area contributed by atoms with Gasteiger partial charge in [0.05, 0.1) is 89.3 Å². The summed E-state index contributed by atoms with van der Waals surface area (Å²) in [6.07, 6.45) is -84.0. The third kappa shape index (κ3) is 21.7. The normalized spacial score (nSPS) is 42.3. The summed E-state index contributed by atoms with van der Waals surface area (Å²) in [7, 11) is 0. The van der Waals surface area contributed by atoms with E-state index in [4.69, 9.17) is 66.3 Å². The molecule has 32 N–H and O–H groups in total. The molecule has 4 amide bonds. The molecule has 41 atom stereocenters. The first kappa shape index (κ1) is 96.4. The number of amides is 4. The molecule has 0 saturated carbocycles. The fraction of sp³-hybridized carbons (Fsp3) is 0.903. The van der Waals surface area contributed by atoms with Gasteiger partial charge in [0.25, 0.3) is 11.6 Å². The van der Waals surface area contributed by atoms with Crippen LogP contribution in [0.5, 0.6) is 0 Å². The van der Waals surface area contributed by atoms with Gasteiger partial charge in [0.2, 0.25) is 23.6 Å². The number of carboxylic acid groups (broad SMARTS) is 2. The van der Waals surface area contributed by atoms with Crippen LogP contribution in [-0.4, -0.2) is 495 Å². The molecule has 0 aromatic rings. The quantitative estimate of drug-likeness (QED) is 0.0275. The van der Waals surface area contributed by atoms with Crippen LogP contribution in [0.2, 0.25) is 0 Å². The summed E-state index contributed by atoms with van der Waals surface area (Å²) in [5.74, 6) is -16.0. The third-order valence-corrected chi connectivity index (χ3v) is 20.0. The smallest absolute Gasteiger partial charge is 0.364 e. The van der Waals surface area contributed by atoms with Crippen LogP contribution in [0.15, 0.2) is 0 Å². The molecular formula is C62H104N4O48. The van der Waals surface area contributed by atoms with E-state index in [9.17, 15) is 172 Å². The topological polar surface area (TPSA) is 846 Å². The van der Waals surface area contributed by atoms with Crippen LogP contribution in [-0.2, 0) is 95.1 Å². The van der Waals surface area contributed by atoms with E-state index in [0.717, 1.165) is 20.8 Å². The highest BCUT2D eigenvalue weighted by Crippen LogP contribution is 2.43. The maximum absolute atomic E-state index is 13.8. The lowest BCUT2D eigenvalue weighted by molar-refractivity contribution is -0.409. The summed E-state index contributed by atoms with van der Waals surface area (Å²) in [6.45, 7) is -10.3. The zero-order valence-electron chi connectivity index (χ0n) is 60.7. The molecule has 7 rings (SSSR count). The highest BCUT2D eigenvalue weighted by Gasteiger charge is 2.64. The highest BCUT2D eigenvalue weighted by molar-refractivity contribution is 5.79. The molecule has 0 spiro atoms. The SMILES string of the molecule is CC(=O)N[C@H]1[C@H](O[C@H]2[C@@H](O)[C@@H](CO)O[C@@H](O[C@@H]([C@@H](O)[C@H](O)CO[C@]3(C(=O)O)C[C@H](O)[C@@H](NC(=O)CO)[C@H]([C@H](O)[C@H](O)CO)O3)[C@H](CO)NC(C)=O)[C@@H]2O)O[C@H](CO)[C@@H](O[C@@H]2O[C@H](CO)[C@H](O[C@@H]3O[C@H](CO)[C@H](O)[C@H](O)[C@H]3O)[C@H](O[C@]3(C(=O)O)C[C@H](O)[C@@H](NC(=O)CO)[C@H]([C@H](O)[C@H](O)CO)O3)[C@H]2O)[C@@H]1O[C@@H]1O[C@@H](C)[C@@H](O)[C@@H](O)[C@@H]1O. The lowest BCUT2D eigenvalue weighted by Gasteiger charge is -2.53. The predicted octanol–water partition coefficient (Wildman–Crippen LogP) is -20.9. The van der Waals surface area contributed by atoms with E-state index in [2.05, 4.69) is 10.6 Å². The van der Waals surface area contributed by atoms with Crippen molar-refractivity contribution in [2.24, 2.45) is 0 Å². The zero-order valence-corrected chi connectivity index (χ0v) is 60.7. The molecule has 52 nitrogen and oxygen atoms in total. The van der Waals surface area contributed by atoms with Gasteiger partial charge in [-0.3, -0.25) is 19.2 Å². The van der Waals surface area contributed by atoms with Crippen molar-refractivity contribution in [3.05, 3.63) is 0 Å². The maximum atomic E-state index is 13.8. The minimum absolute atomic E-state index is 0.823. The summed E-state index contributed by atoms with van der Waals surface area (Å²) in [5.41, 5.74) is 0. The Labute approximate surface area is 643 Å². The van der Waals surface area contributed by atoms with E-state index in [-0.39, 0.29) is 0 Å². The predicted molar refractivity (Wildman–Crippen MR) is 349 cm³/mol. The molecule has 7 aliphatic heterocycles. The molecule has 0 radical (unpaired) electrons. The maximum Gasteiger partial charge on any atom is 0.364 e. The molecular weight excluding hydrogens is 1570 g/mol. The number of hydrogen-bond donors (Lipinski definition) is 32. The second-order valence-corrected chi connectivity index (χ2v) is 28.0. The second-order valence-electron chi connectivity index (χ2n) is 28.0. The van der Waals surface area contributed by atoms with Crippen molar-refractivity contribution in [3.63, 3.8) is 0 Å². The van der Waals surface area contributed by atoms with Gasteiger partial charge in [0.1, 0.15) is 184 Å². The van der Waals surface area contributed by atoms with Gasteiger partial charge < -0.3 is 231 Å². The molecule has 52 heteroatoms. The number of carbonyl (C=O) groups excluding carboxylic acids is 4. The molecule has 0 unspecified atom stereocenters. The van der Waals surface area contributed by atoms with E-state index >= 15 is 0 Å². The van der Waals surface area contributed by atoms with E-state index in [1.165, 1.54) is 0 Å². The van der Waals surface area contributed by atoms with Gasteiger partial charge in [0, 0.05) is 26.7 Å². The number of aliphatic carboxylic acids is 2. The lowest BCUT2D eigenvalue weighted by Crippen LogP contribution is -2.72. The molecule has 114 heavy (non-hydrogen) atoms. The summed E-state index contributed by atoms with van der Waals surface area (Å²) >= 11 is 0. The van der Waals surface area contributed by atoms with Gasteiger partial charge in [0.15, 0.2) is 31.5 Å². The Balaban J connectivity index is 1.28. The number of aliphatic hydroxyl groups is 26. The number of carbonyl (C=O) groups is 6. The van der Waals surface area contributed by atoms with E-state index in [1.54, 1.807) is 0 Å². The average Bonchev–Trinajstić information content (AvgIpc) is 0.770. The first-order chi connectivity index (χ1) is 53.6. The Bertz CT molecular complexity index is 3070. The lowest BCUT2D eigenvalue weighted by atomic mass is 9.88. The van der Waals surface area contributed by atoms with Gasteiger partial charge in [-0.25, -0.2) is 9.59 Å². The molecule has 660 valence electrons. The second kappa shape index (κ2) is 41.9. The van der Waals surface area contributed by atoms with Gasteiger partial charge in [-0.2, -0.15) is 0 Å². The number of hydrogen-bond acceptors (Lipinski definition) is 46. The number of nitrogens with one attached hydrogen (secondary N) is 4. The summed E-state index contributed by atoms with van der Waals surface area (Å²) in [6, 6.07) is -8.09. The minimum atomic E-state index is -3.58. The molecule has 0 aliphatic carbocycles. The monoisotopic (exact) mass is 1670 g/mol. The first-order valence-electron chi connectivity index (χ1n) is 35.5. The van der Waals surface area contributed by atoms with Crippen molar-refractivity contribution < 1.29 is 238 Å². The van der Waals surface area contributed by atoms with Crippen LogP contribution in [0.3, 0.4) is 0 Å². The van der Waals surface area contributed by atoms with Gasteiger partial charge >= 0.3 is 11.9 Å². The highest BCUT2D eigenvalue weighted by atomic mass is 16.8. The van der Waals surface area contributed by atoms with Crippen LogP contribution in [0, 0.1) is 0 Å². The van der Waals surface area contributed by atoms with Crippen LogP contribution in [0.4, 0.5) is 0 Å². The molecule has 0 bridgehead atoms. The number of ether oxygens (including phenoxy) is 14. The number of carboxylic acids is 2. The van der Waals surface area contributed by atoms with E-state index < -0.39 is 365 Å². The van der Waals surface area contributed by atoms with Crippen molar-refractivity contribution in [1.82, 2.24) is 21.3 Å². The Hall–Kier alpha value is -4.78.